The molecule has 0 amide bonds. The summed E-state index contributed by atoms with van der Waals surface area (Å²) in [5.74, 6) is 0.413. The van der Waals surface area contributed by atoms with Crippen molar-refractivity contribution in [3.05, 3.63) is 24.3 Å². The van der Waals surface area contributed by atoms with Gasteiger partial charge in [-0.15, -0.1) is 6.58 Å². The van der Waals surface area contributed by atoms with Crippen molar-refractivity contribution >= 4 is 0 Å². The lowest BCUT2D eigenvalue weighted by atomic mass is 9.86. The van der Waals surface area contributed by atoms with E-state index < -0.39 is 0 Å². The molecule has 2 atom stereocenters. The van der Waals surface area contributed by atoms with Crippen LogP contribution in [0.2, 0.25) is 0 Å². The van der Waals surface area contributed by atoms with Crippen LogP contribution in [0.15, 0.2) is 24.3 Å². The first kappa shape index (κ1) is 8.54. The van der Waals surface area contributed by atoms with Crippen LogP contribution in [-0.2, 0) is 0 Å². The van der Waals surface area contributed by atoms with Crippen LogP contribution in [0.1, 0.15) is 26.2 Å². The average molecular weight is 152 g/mol. The van der Waals surface area contributed by atoms with Crippen molar-refractivity contribution in [1.29, 1.82) is 0 Å². The summed E-state index contributed by atoms with van der Waals surface area (Å²) in [6.45, 7) is 5.73. The zero-order valence-corrected chi connectivity index (χ0v) is 7.09. The van der Waals surface area contributed by atoms with Crippen molar-refractivity contribution in [3.63, 3.8) is 0 Å². The zero-order chi connectivity index (χ0) is 8.27. The minimum absolute atomic E-state index is 0.306. The Morgan fingerprint density at radius 1 is 1.82 bits per heavy atom. The molecule has 1 N–H and O–H groups in total. The van der Waals surface area contributed by atoms with Gasteiger partial charge in [0.05, 0.1) is 6.10 Å². The lowest BCUT2D eigenvalue weighted by Crippen LogP contribution is -2.19. The second-order valence-corrected chi connectivity index (χ2v) is 3.31. The fourth-order valence-electron chi connectivity index (χ4n) is 1.49. The molecule has 1 heteroatoms. The Morgan fingerprint density at radius 3 is 3.00 bits per heavy atom. The molecule has 62 valence electrons. The molecule has 0 saturated heterocycles. The van der Waals surface area contributed by atoms with Crippen molar-refractivity contribution < 1.29 is 5.11 Å². The molecule has 0 heterocycles. The molecule has 0 radical (unpaired) electrons. The van der Waals surface area contributed by atoms with Crippen LogP contribution in [0.5, 0.6) is 0 Å². The number of aliphatic hydroxyl groups is 1. The highest BCUT2D eigenvalue weighted by molar-refractivity contribution is 5.05. The van der Waals surface area contributed by atoms with Gasteiger partial charge in [-0.1, -0.05) is 17.7 Å². The summed E-state index contributed by atoms with van der Waals surface area (Å²) in [5.41, 5.74) is 1.46. The van der Waals surface area contributed by atoms with Crippen molar-refractivity contribution in [2.45, 2.75) is 32.3 Å². The predicted octanol–water partition coefficient (Wildman–Crippen LogP) is 2.28. The smallest absolute Gasteiger partial charge is 0.0749 e. The maximum Gasteiger partial charge on any atom is 0.0749 e. The lowest BCUT2D eigenvalue weighted by Gasteiger charge is -2.22. The molecule has 0 aromatic carbocycles. The van der Waals surface area contributed by atoms with Crippen LogP contribution >= 0.6 is 0 Å². The van der Waals surface area contributed by atoms with Gasteiger partial charge in [0.1, 0.15) is 0 Å². The van der Waals surface area contributed by atoms with Crippen LogP contribution in [0, 0.1) is 5.92 Å². The molecule has 0 saturated carbocycles. The van der Waals surface area contributed by atoms with E-state index in [1.165, 1.54) is 5.57 Å². The SMILES string of the molecule is C=CC(O)C1CC=C(C)CC1. The molecule has 1 nitrogen and oxygen atoms in total. The quantitative estimate of drug-likeness (QED) is 0.602. The number of hydrogen-bond acceptors (Lipinski definition) is 1. The van der Waals surface area contributed by atoms with E-state index in [1.807, 2.05) is 0 Å². The Kier molecular flexibility index (Phi) is 2.89. The Balaban J connectivity index is 2.46. The Labute approximate surface area is 68.4 Å². The van der Waals surface area contributed by atoms with Gasteiger partial charge in [0.25, 0.3) is 0 Å². The van der Waals surface area contributed by atoms with Gasteiger partial charge < -0.3 is 5.11 Å². The van der Waals surface area contributed by atoms with Crippen molar-refractivity contribution in [2.24, 2.45) is 5.92 Å². The molecular weight excluding hydrogens is 136 g/mol. The van der Waals surface area contributed by atoms with Crippen LogP contribution in [0.25, 0.3) is 0 Å². The van der Waals surface area contributed by atoms with E-state index in [2.05, 4.69) is 19.6 Å². The van der Waals surface area contributed by atoms with E-state index in [0.717, 1.165) is 19.3 Å². The van der Waals surface area contributed by atoms with E-state index in [0.29, 0.717) is 5.92 Å². The molecule has 11 heavy (non-hydrogen) atoms. The molecule has 0 bridgehead atoms. The molecule has 1 aliphatic carbocycles. The third-order valence-corrected chi connectivity index (χ3v) is 2.40. The molecule has 0 aliphatic heterocycles. The molecule has 2 unspecified atom stereocenters. The minimum Gasteiger partial charge on any atom is -0.389 e. The number of hydrogen-bond donors (Lipinski definition) is 1. The summed E-state index contributed by atoms with van der Waals surface area (Å²) in [6, 6.07) is 0. The van der Waals surface area contributed by atoms with Gasteiger partial charge in [-0.25, -0.2) is 0 Å². The summed E-state index contributed by atoms with van der Waals surface area (Å²) in [5, 5.41) is 9.42. The zero-order valence-electron chi connectivity index (χ0n) is 7.09. The largest absolute Gasteiger partial charge is 0.389 e. The van der Waals surface area contributed by atoms with Gasteiger partial charge in [-0.05, 0) is 32.1 Å². The molecule has 1 rings (SSSR count). The first-order valence-corrected chi connectivity index (χ1v) is 4.20. The second kappa shape index (κ2) is 3.72. The highest BCUT2D eigenvalue weighted by Gasteiger charge is 2.17. The Morgan fingerprint density at radius 2 is 2.55 bits per heavy atom. The van der Waals surface area contributed by atoms with Crippen LogP contribution in [0.4, 0.5) is 0 Å². The van der Waals surface area contributed by atoms with E-state index >= 15 is 0 Å². The van der Waals surface area contributed by atoms with E-state index in [4.69, 9.17) is 0 Å². The Hall–Kier alpha value is -0.560. The van der Waals surface area contributed by atoms with Crippen molar-refractivity contribution in [3.8, 4) is 0 Å². The van der Waals surface area contributed by atoms with Crippen molar-refractivity contribution in [2.75, 3.05) is 0 Å². The second-order valence-electron chi connectivity index (χ2n) is 3.31. The molecule has 1 aliphatic rings. The van der Waals surface area contributed by atoms with Gasteiger partial charge in [0.15, 0.2) is 0 Å². The average Bonchev–Trinajstić information content (AvgIpc) is 2.05. The molecular formula is C10H16O. The molecule has 0 aromatic heterocycles. The summed E-state index contributed by atoms with van der Waals surface area (Å²) in [6.07, 6.45) is 6.81. The summed E-state index contributed by atoms with van der Waals surface area (Å²) >= 11 is 0. The molecule has 0 fully saturated rings. The topological polar surface area (TPSA) is 20.2 Å². The first-order valence-electron chi connectivity index (χ1n) is 4.20. The predicted molar refractivity (Wildman–Crippen MR) is 47.3 cm³/mol. The van der Waals surface area contributed by atoms with Crippen LogP contribution < -0.4 is 0 Å². The maximum absolute atomic E-state index is 9.42. The van der Waals surface area contributed by atoms with Gasteiger partial charge in [0.2, 0.25) is 0 Å². The Bertz CT molecular complexity index is 170. The highest BCUT2D eigenvalue weighted by Crippen LogP contribution is 2.25. The van der Waals surface area contributed by atoms with Gasteiger partial charge in [0, 0.05) is 0 Å². The van der Waals surface area contributed by atoms with Crippen molar-refractivity contribution in [1.82, 2.24) is 0 Å². The molecule has 0 spiro atoms. The maximum atomic E-state index is 9.42. The third-order valence-electron chi connectivity index (χ3n) is 2.40. The third kappa shape index (κ3) is 2.19. The highest BCUT2D eigenvalue weighted by atomic mass is 16.3. The molecule has 0 aromatic rings. The summed E-state index contributed by atoms with van der Waals surface area (Å²) < 4.78 is 0. The fourth-order valence-corrected chi connectivity index (χ4v) is 1.49. The van der Waals surface area contributed by atoms with E-state index in [1.54, 1.807) is 6.08 Å². The summed E-state index contributed by atoms with van der Waals surface area (Å²) in [4.78, 5) is 0. The number of aliphatic hydroxyl groups excluding tert-OH is 1. The monoisotopic (exact) mass is 152 g/mol. The first-order chi connectivity index (χ1) is 5.24. The van der Waals surface area contributed by atoms with Gasteiger partial charge in [-0.3, -0.25) is 0 Å². The minimum atomic E-state index is -0.306. The fraction of sp³-hybridized carbons (Fsp3) is 0.600. The number of allylic oxidation sites excluding steroid dienone is 2. The number of rotatable bonds is 2. The van der Waals surface area contributed by atoms with Crippen LogP contribution in [-0.4, -0.2) is 11.2 Å². The normalized spacial score (nSPS) is 27.5. The van der Waals surface area contributed by atoms with E-state index in [9.17, 15) is 5.11 Å². The van der Waals surface area contributed by atoms with Gasteiger partial charge in [-0.2, -0.15) is 0 Å². The standard InChI is InChI=1S/C10H16O/c1-3-10(11)9-6-4-8(2)5-7-9/h3-4,9-11H,1,5-7H2,2H3. The van der Waals surface area contributed by atoms with Crippen LogP contribution in [0.3, 0.4) is 0 Å². The lowest BCUT2D eigenvalue weighted by molar-refractivity contribution is 0.145. The van der Waals surface area contributed by atoms with E-state index in [-0.39, 0.29) is 6.10 Å². The summed E-state index contributed by atoms with van der Waals surface area (Å²) in [7, 11) is 0. The van der Waals surface area contributed by atoms with Gasteiger partial charge >= 0.3 is 0 Å².